The number of rotatable bonds is 4. The van der Waals surface area contributed by atoms with Gasteiger partial charge in [0, 0.05) is 10.9 Å². The number of aromatic nitrogens is 2. The number of fused-ring (bicyclic) bond motifs is 4. The summed E-state index contributed by atoms with van der Waals surface area (Å²) in [6.45, 7) is 0. The fraction of sp³-hybridized carbons (Fsp3) is 0.158. The number of methoxy groups -OCH3 is 2. The van der Waals surface area contributed by atoms with Crippen molar-refractivity contribution >= 4 is 22.3 Å². The van der Waals surface area contributed by atoms with E-state index in [0.29, 0.717) is 23.0 Å². The van der Waals surface area contributed by atoms with Crippen LogP contribution in [0.1, 0.15) is 0 Å². The van der Waals surface area contributed by atoms with Crippen molar-refractivity contribution in [1.82, 2.24) is 10.2 Å². The molecule has 0 fully saturated rings. The van der Waals surface area contributed by atoms with E-state index in [1.807, 2.05) is 18.2 Å². The van der Waals surface area contributed by atoms with Gasteiger partial charge in [-0.1, -0.05) is 6.07 Å². The van der Waals surface area contributed by atoms with Gasteiger partial charge in [0.05, 0.1) is 25.6 Å². The standard InChI is InChI=1S/C19H15F2N3O4/c1-25-14-7-9-6-11-16(10(9)8-15(14)26-2)23-24-18(11)22-12-4-3-5-13-17(12)28-19(20,21)27-13/h3-8,22-24H,1-2H3. The number of benzene rings is 2. The minimum Gasteiger partial charge on any atom is -0.493 e. The first-order valence-electron chi connectivity index (χ1n) is 8.40. The first-order valence-corrected chi connectivity index (χ1v) is 8.40. The van der Waals surface area contributed by atoms with E-state index in [4.69, 9.17) is 9.47 Å². The van der Waals surface area contributed by atoms with Crippen LogP contribution in [0.5, 0.6) is 23.0 Å². The van der Waals surface area contributed by atoms with Crippen molar-refractivity contribution in [3.8, 4) is 34.3 Å². The smallest absolute Gasteiger partial charge is 0.493 e. The minimum absolute atomic E-state index is 0.0241. The van der Waals surface area contributed by atoms with Gasteiger partial charge in [0.2, 0.25) is 0 Å². The highest BCUT2D eigenvalue weighted by molar-refractivity contribution is 6.05. The van der Waals surface area contributed by atoms with Crippen LogP contribution in [-0.4, -0.2) is 30.7 Å². The zero-order chi connectivity index (χ0) is 19.5. The highest BCUT2D eigenvalue weighted by Gasteiger charge is 2.44. The Morgan fingerprint density at radius 3 is 2.57 bits per heavy atom. The molecule has 0 saturated carbocycles. The Hall–Kier alpha value is -3.62. The molecule has 0 aromatic heterocycles. The van der Waals surface area contributed by atoms with Crippen LogP contribution in [-0.2, 0) is 0 Å². The monoisotopic (exact) mass is 387 g/mol. The summed E-state index contributed by atoms with van der Waals surface area (Å²) in [5.74, 6) is 1.75. The van der Waals surface area contributed by atoms with E-state index in [0.717, 1.165) is 22.0 Å². The van der Waals surface area contributed by atoms with E-state index >= 15 is 0 Å². The first kappa shape index (κ1) is 16.5. The molecular weight excluding hydrogens is 372 g/mol. The Morgan fingerprint density at radius 1 is 1.00 bits per heavy atom. The molecule has 0 unspecified atom stereocenters. The van der Waals surface area contributed by atoms with Gasteiger partial charge in [-0.15, -0.1) is 8.78 Å². The van der Waals surface area contributed by atoms with E-state index in [1.54, 1.807) is 26.4 Å². The summed E-state index contributed by atoms with van der Waals surface area (Å²) in [6, 6.07) is 10.4. The quantitative estimate of drug-likeness (QED) is 0.474. The van der Waals surface area contributed by atoms with Crippen molar-refractivity contribution in [2.24, 2.45) is 0 Å². The molecule has 3 N–H and O–H groups in total. The maximum Gasteiger partial charge on any atom is 0.586 e. The number of hydrogen-bond acceptors (Lipinski definition) is 5. The average molecular weight is 387 g/mol. The predicted octanol–water partition coefficient (Wildman–Crippen LogP) is 4.68. The van der Waals surface area contributed by atoms with Crippen molar-refractivity contribution in [3.63, 3.8) is 0 Å². The Labute approximate surface area is 157 Å². The number of para-hydroxylation sites is 1. The summed E-state index contributed by atoms with van der Waals surface area (Å²) in [7, 11) is 3.15. The second kappa shape index (κ2) is 5.69. The van der Waals surface area contributed by atoms with Crippen LogP contribution in [0.15, 0.2) is 36.4 Å². The molecule has 0 radical (unpaired) electrons. The Morgan fingerprint density at radius 2 is 1.79 bits per heavy atom. The summed E-state index contributed by atoms with van der Waals surface area (Å²) >= 11 is 0. The van der Waals surface area contributed by atoms with Gasteiger partial charge in [0.1, 0.15) is 5.82 Å². The third-order valence-electron chi connectivity index (χ3n) is 4.66. The maximum atomic E-state index is 13.4. The third kappa shape index (κ3) is 2.39. The van der Waals surface area contributed by atoms with Gasteiger partial charge in [-0.2, -0.15) is 0 Å². The van der Waals surface area contributed by atoms with Crippen molar-refractivity contribution in [2.45, 2.75) is 6.29 Å². The van der Waals surface area contributed by atoms with Crippen LogP contribution in [0, 0.1) is 0 Å². The highest BCUT2D eigenvalue weighted by atomic mass is 19.3. The summed E-state index contributed by atoms with van der Waals surface area (Å²) in [4.78, 5) is 0. The summed E-state index contributed by atoms with van der Waals surface area (Å²) in [5.41, 5.74) is 2.04. The maximum absolute atomic E-state index is 13.4. The normalized spacial score (nSPS) is 14.6. The molecule has 0 saturated heterocycles. The number of hydrogen-bond donors (Lipinski definition) is 3. The highest BCUT2D eigenvalue weighted by Crippen LogP contribution is 2.48. The molecular formula is C19H15F2N3O4. The van der Waals surface area contributed by atoms with Crippen LogP contribution in [0.25, 0.3) is 22.0 Å². The van der Waals surface area contributed by atoms with Gasteiger partial charge >= 0.3 is 6.29 Å². The SMILES string of the molecule is COc1cc2cc3c(Nc4cccc5c4OC(F)(F)O5)[nH][nH]c-3c2cc1OC. The fourth-order valence-corrected chi connectivity index (χ4v) is 3.43. The van der Waals surface area contributed by atoms with E-state index in [-0.39, 0.29) is 11.5 Å². The van der Waals surface area contributed by atoms with Gasteiger partial charge in [-0.05, 0) is 35.7 Å². The topological polar surface area (TPSA) is 80.5 Å². The van der Waals surface area contributed by atoms with Gasteiger partial charge in [0.25, 0.3) is 0 Å². The van der Waals surface area contributed by atoms with Crippen LogP contribution in [0.3, 0.4) is 0 Å². The first-order chi connectivity index (χ1) is 13.5. The van der Waals surface area contributed by atoms with E-state index < -0.39 is 6.29 Å². The van der Waals surface area contributed by atoms with Gasteiger partial charge in [0.15, 0.2) is 23.0 Å². The molecule has 9 heteroatoms. The molecule has 0 spiro atoms. The van der Waals surface area contributed by atoms with Crippen molar-refractivity contribution < 1.29 is 27.7 Å². The second-order valence-corrected chi connectivity index (χ2v) is 6.28. The molecule has 0 atom stereocenters. The van der Waals surface area contributed by atoms with Crippen molar-refractivity contribution in [3.05, 3.63) is 36.4 Å². The molecule has 2 aromatic rings. The zero-order valence-corrected chi connectivity index (χ0v) is 14.9. The molecule has 3 aliphatic rings. The second-order valence-electron chi connectivity index (χ2n) is 6.28. The minimum atomic E-state index is -3.68. The molecule has 2 aliphatic heterocycles. The van der Waals surface area contributed by atoms with E-state index in [1.165, 1.54) is 6.07 Å². The van der Waals surface area contributed by atoms with Crippen LogP contribution >= 0.6 is 0 Å². The van der Waals surface area contributed by atoms with Crippen LogP contribution < -0.4 is 24.3 Å². The molecule has 2 aromatic carbocycles. The lowest BCUT2D eigenvalue weighted by Crippen LogP contribution is -2.26. The van der Waals surface area contributed by atoms with Gasteiger partial charge in [-0.25, -0.2) is 0 Å². The molecule has 5 rings (SSSR count). The number of aromatic amines is 2. The average Bonchev–Trinajstić information content (AvgIpc) is 3.31. The lowest BCUT2D eigenvalue weighted by Gasteiger charge is -2.08. The van der Waals surface area contributed by atoms with E-state index in [2.05, 4.69) is 25.0 Å². The van der Waals surface area contributed by atoms with Crippen LogP contribution in [0.2, 0.25) is 0 Å². The third-order valence-corrected chi connectivity index (χ3v) is 4.66. The number of halogens is 2. The predicted molar refractivity (Wildman–Crippen MR) is 98.3 cm³/mol. The molecule has 2 heterocycles. The number of H-pyrrole nitrogens is 2. The zero-order valence-electron chi connectivity index (χ0n) is 14.9. The molecule has 0 bridgehead atoms. The van der Waals surface area contributed by atoms with Crippen molar-refractivity contribution in [2.75, 3.05) is 19.5 Å². The summed E-state index contributed by atoms with van der Waals surface area (Å²) in [5, 5.41) is 11.1. The fourth-order valence-electron chi connectivity index (χ4n) is 3.43. The van der Waals surface area contributed by atoms with Crippen molar-refractivity contribution in [1.29, 1.82) is 0 Å². The number of anilines is 2. The Kier molecular flexibility index (Phi) is 3.36. The van der Waals surface area contributed by atoms with Gasteiger partial charge in [-0.3, -0.25) is 10.2 Å². The lowest BCUT2D eigenvalue weighted by molar-refractivity contribution is -0.286. The van der Waals surface area contributed by atoms with Crippen LogP contribution in [0.4, 0.5) is 20.3 Å². The summed E-state index contributed by atoms with van der Waals surface area (Å²) in [6.07, 6.45) is -3.68. The molecule has 0 amide bonds. The molecule has 7 nitrogen and oxygen atoms in total. The Bertz CT molecular complexity index is 1170. The number of ether oxygens (including phenoxy) is 4. The lowest BCUT2D eigenvalue weighted by atomic mass is 10.2. The summed E-state index contributed by atoms with van der Waals surface area (Å²) < 4.78 is 46.7. The largest absolute Gasteiger partial charge is 0.586 e. The molecule has 28 heavy (non-hydrogen) atoms. The Balaban J connectivity index is 1.56. The van der Waals surface area contributed by atoms with E-state index in [9.17, 15) is 8.78 Å². The number of nitrogens with one attached hydrogen (secondary N) is 3. The molecule has 1 aliphatic carbocycles. The molecule has 144 valence electrons. The number of alkyl halides is 2. The van der Waals surface area contributed by atoms with Gasteiger partial charge < -0.3 is 24.3 Å².